The molecule has 1 aromatic carbocycles. The van der Waals surface area contributed by atoms with E-state index < -0.39 is 16.1 Å². The molecule has 29 heavy (non-hydrogen) atoms. The van der Waals surface area contributed by atoms with Crippen LogP contribution in [-0.4, -0.2) is 36.3 Å². The molecule has 3 rings (SSSR count). The highest BCUT2D eigenvalue weighted by Crippen LogP contribution is 2.28. The number of hydrogen-bond donors (Lipinski definition) is 1. The van der Waals surface area contributed by atoms with E-state index in [-0.39, 0.29) is 17.5 Å². The van der Waals surface area contributed by atoms with E-state index in [1.807, 2.05) is 13.0 Å². The molecule has 0 atom stereocenters. The molecule has 0 aliphatic heterocycles. The summed E-state index contributed by atoms with van der Waals surface area (Å²) >= 11 is 0. The minimum atomic E-state index is -3.58. The normalized spacial score (nSPS) is 15.4. The highest BCUT2D eigenvalue weighted by Gasteiger charge is 2.31. The lowest BCUT2D eigenvalue weighted by Gasteiger charge is -2.32. The number of nitrogens with zero attached hydrogens (tertiary/aromatic N) is 3. The van der Waals surface area contributed by atoms with Crippen LogP contribution in [0.2, 0.25) is 0 Å². The summed E-state index contributed by atoms with van der Waals surface area (Å²) in [6.45, 7) is 2.59. The Morgan fingerprint density at radius 3 is 2.38 bits per heavy atom. The average molecular weight is 417 g/mol. The molecule has 8 heteroatoms. The number of benzene rings is 1. The fourth-order valence-corrected chi connectivity index (χ4v) is 5.59. The number of aromatic nitrogens is 1. The lowest BCUT2D eigenvalue weighted by molar-refractivity contribution is 0.253. The molecule has 1 aliphatic rings. The van der Waals surface area contributed by atoms with Gasteiger partial charge in [0, 0.05) is 30.7 Å². The summed E-state index contributed by atoms with van der Waals surface area (Å²) in [6, 6.07) is 9.45. The quantitative estimate of drug-likeness (QED) is 0.747. The molecule has 0 bridgehead atoms. The molecule has 1 heterocycles. The summed E-state index contributed by atoms with van der Waals surface area (Å²) in [5.41, 5.74) is 6.92. The van der Waals surface area contributed by atoms with E-state index in [0.717, 1.165) is 31.2 Å². The Balaban J connectivity index is 1.82. The third-order valence-electron chi connectivity index (χ3n) is 5.38. The summed E-state index contributed by atoms with van der Waals surface area (Å²) in [6.07, 6.45) is 8.44. The van der Waals surface area contributed by atoms with Crippen LogP contribution >= 0.6 is 0 Å². The van der Waals surface area contributed by atoms with Crippen LogP contribution in [0.4, 0.5) is 10.5 Å². The van der Waals surface area contributed by atoms with Crippen LogP contribution in [0.5, 0.6) is 0 Å². The molecule has 0 unspecified atom stereocenters. The zero-order valence-electron chi connectivity index (χ0n) is 16.7. The number of urea groups is 1. The molecule has 156 valence electrons. The largest absolute Gasteiger partial charge is 0.351 e. The number of sulfonamides is 1. The van der Waals surface area contributed by atoms with Gasteiger partial charge in [0.15, 0.2) is 0 Å². The van der Waals surface area contributed by atoms with Crippen molar-refractivity contribution in [3.63, 3.8) is 0 Å². The van der Waals surface area contributed by atoms with Crippen LogP contribution < -0.4 is 10.6 Å². The average Bonchev–Trinajstić information content (AvgIpc) is 2.74. The fraction of sp³-hybridized carbons (Fsp3) is 0.429. The second-order valence-electron chi connectivity index (χ2n) is 7.28. The Morgan fingerprint density at radius 2 is 1.83 bits per heavy atom. The van der Waals surface area contributed by atoms with E-state index in [0.29, 0.717) is 12.2 Å². The van der Waals surface area contributed by atoms with E-state index in [2.05, 4.69) is 4.98 Å². The summed E-state index contributed by atoms with van der Waals surface area (Å²) < 4.78 is 28.0. The van der Waals surface area contributed by atoms with Crippen molar-refractivity contribution in [1.29, 1.82) is 0 Å². The second-order valence-corrected chi connectivity index (χ2v) is 9.17. The Kier molecular flexibility index (Phi) is 6.87. The maximum absolute atomic E-state index is 13.2. The molecule has 2 amide bonds. The number of pyridine rings is 1. The van der Waals surface area contributed by atoms with Crippen LogP contribution in [0.15, 0.2) is 53.7 Å². The topological polar surface area (TPSA) is 96.6 Å². The third kappa shape index (κ3) is 4.94. The molecular weight excluding hydrogens is 388 g/mol. The Labute approximate surface area is 172 Å². The van der Waals surface area contributed by atoms with Crippen molar-refractivity contribution < 1.29 is 13.2 Å². The van der Waals surface area contributed by atoms with Gasteiger partial charge in [-0.15, -0.1) is 0 Å². The molecule has 1 saturated carbocycles. The van der Waals surface area contributed by atoms with Crippen LogP contribution in [0.1, 0.15) is 44.6 Å². The van der Waals surface area contributed by atoms with Gasteiger partial charge in [0.2, 0.25) is 10.0 Å². The van der Waals surface area contributed by atoms with Crippen molar-refractivity contribution in [2.45, 2.75) is 56.5 Å². The predicted octanol–water partition coefficient (Wildman–Crippen LogP) is 3.51. The third-order valence-corrected chi connectivity index (χ3v) is 7.42. The lowest BCUT2D eigenvalue weighted by Crippen LogP contribution is -2.41. The highest BCUT2D eigenvalue weighted by molar-refractivity contribution is 7.89. The van der Waals surface area contributed by atoms with Crippen molar-refractivity contribution in [3.8, 4) is 0 Å². The smallest absolute Gasteiger partial charge is 0.319 e. The fourth-order valence-electron chi connectivity index (χ4n) is 3.90. The lowest BCUT2D eigenvalue weighted by atomic mass is 9.95. The summed E-state index contributed by atoms with van der Waals surface area (Å²) in [4.78, 5) is 17.6. The van der Waals surface area contributed by atoms with Crippen molar-refractivity contribution in [2.75, 3.05) is 11.4 Å². The standard InChI is InChI=1S/C21H28N4O3S/c1-2-25(19-8-4-3-5-9-19)29(27,28)20-12-10-18(11-13-20)24(21(22)26)16-17-7-6-14-23-15-17/h6-7,10-15,19H,2-5,8-9,16H2,1H3,(H2,22,26). The van der Waals surface area contributed by atoms with Crippen LogP contribution in [0.25, 0.3) is 0 Å². The van der Waals surface area contributed by atoms with Crippen LogP contribution in [0.3, 0.4) is 0 Å². The maximum Gasteiger partial charge on any atom is 0.319 e. The van der Waals surface area contributed by atoms with Gasteiger partial charge in [-0.25, -0.2) is 13.2 Å². The van der Waals surface area contributed by atoms with Gasteiger partial charge in [0.1, 0.15) is 0 Å². The molecule has 1 aromatic heterocycles. The zero-order valence-corrected chi connectivity index (χ0v) is 17.5. The number of rotatable bonds is 7. The Bertz CT molecular complexity index is 911. The van der Waals surface area contributed by atoms with Crippen LogP contribution in [-0.2, 0) is 16.6 Å². The van der Waals surface area contributed by atoms with E-state index in [4.69, 9.17) is 5.73 Å². The van der Waals surface area contributed by atoms with Gasteiger partial charge in [-0.3, -0.25) is 9.88 Å². The van der Waals surface area contributed by atoms with Gasteiger partial charge >= 0.3 is 6.03 Å². The molecule has 0 radical (unpaired) electrons. The van der Waals surface area contributed by atoms with Crippen molar-refractivity contribution >= 4 is 21.7 Å². The molecule has 0 saturated heterocycles. The van der Waals surface area contributed by atoms with Gasteiger partial charge in [-0.05, 0) is 48.7 Å². The first-order valence-electron chi connectivity index (χ1n) is 10.0. The summed E-state index contributed by atoms with van der Waals surface area (Å²) in [5, 5.41) is 0. The van der Waals surface area contributed by atoms with Crippen molar-refractivity contribution in [3.05, 3.63) is 54.4 Å². The predicted molar refractivity (Wildman–Crippen MR) is 113 cm³/mol. The van der Waals surface area contributed by atoms with Gasteiger partial charge in [-0.2, -0.15) is 4.31 Å². The molecular formula is C21H28N4O3S. The van der Waals surface area contributed by atoms with Crippen molar-refractivity contribution in [1.82, 2.24) is 9.29 Å². The summed E-state index contributed by atoms with van der Waals surface area (Å²) in [5.74, 6) is 0. The molecule has 7 nitrogen and oxygen atoms in total. The van der Waals surface area contributed by atoms with E-state index in [1.54, 1.807) is 47.0 Å². The van der Waals surface area contributed by atoms with E-state index in [9.17, 15) is 13.2 Å². The Morgan fingerprint density at radius 1 is 1.14 bits per heavy atom. The molecule has 2 aromatic rings. The molecule has 1 aliphatic carbocycles. The van der Waals surface area contributed by atoms with Crippen LogP contribution in [0, 0.1) is 0 Å². The first kappa shape index (κ1) is 21.3. The SMILES string of the molecule is CCN(C1CCCCC1)S(=O)(=O)c1ccc(N(Cc2cccnc2)C(N)=O)cc1. The molecule has 2 N–H and O–H groups in total. The highest BCUT2D eigenvalue weighted by atomic mass is 32.2. The number of carbonyl (C=O) groups excluding carboxylic acids is 1. The number of anilines is 1. The van der Waals surface area contributed by atoms with E-state index >= 15 is 0 Å². The number of carbonyl (C=O) groups is 1. The number of hydrogen-bond acceptors (Lipinski definition) is 4. The molecule has 0 spiro atoms. The zero-order chi connectivity index (χ0) is 20.9. The maximum atomic E-state index is 13.2. The van der Waals surface area contributed by atoms with Gasteiger partial charge < -0.3 is 5.73 Å². The Hall–Kier alpha value is -2.45. The number of amides is 2. The first-order chi connectivity index (χ1) is 13.9. The second kappa shape index (κ2) is 9.37. The monoisotopic (exact) mass is 416 g/mol. The van der Waals surface area contributed by atoms with Gasteiger partial charge in [-0.1, -0.05) is 32.3 Å². The molecule has 1 fully saturated rings. The van der Waals surface area contributed by atoms with Gasteiger partial charge in [0.05, 0.1) is 11.4 Å². The first-order valence-corrected chi connectivity index (χ1v) is 11.4. The summed E-state index contributed by atoms with van der Waals surface area (Å²) in [7, 11) is -3.58. The number of primary amides is 1. The minimum absolute atomic E-state index is 0.0612. The van der Waals surface area contributed by atoms with Gasteiger partial charge in [0.25, 0.3) is 0 Å². The number of nitrogens with two attached hydrogens (primary N) is 1. The van der Waals surface area contributed by atoms with E-state index in [1.165, 1.54) is 11.3 Å². The van der Waals surface area contributed by atoms with Crippen molar-refractivity contribution in [2.24, 2.45) is 5.73 Å². The minimum Gasteiger partial charge on any atom is -0.351 e.